The van der Waals surface area contributed by atoms with Gasteiger partial charge in [0.15, 0.2) is 0 Å². The maximum atomic E-state index is 13.3. The molecule has 0 heterocycles. The molecule has 1 aliphatic carbocycles. The molecule has 0 spiro atoms. The van der Waals surface area contributed by atoms with Crippen LogP contribution in [0.1, 0.15) is 43.7 Å². The first kappa shape index (κ1) is 26.5. The third-order valence-electron chi connectivity index (χ3n) is 5.76. The fourth-order valence-corrected chi connectivity index (χ4v) is 5.92. The summed E-state index contributed by atoms with van der Waals surface area (Å²) in [4.78, 5) is 27.8. The Labute approximate surface area is 219 Å². The monoisotopic (exact) mass is 546 g/mol. The minimum atomic E-state index is -0.644. The molecular weight excluding hydrogens is 522 g/mol. The molecule has 0 radical (unpaired) electrons. The highest BCUT2D eigenvalue weighted by atomic mass is 35.5. The highest BCUT2D eigenvalue weighted by Gasteiger charge is 2.29. The SMILES string of the molecule is CC(C(=O)NC1CCCC1)N(Cc1ccc(Cl)cc1Cl)C(=O)CSCc1c(Cl)cccc1Cl. The second-order valence-electron chi connectivity index (χ2n) is 8.12. The van der Waals surface area contributed by atoms with Crippen LogP contribution in [0.25, 0.3) is 0 Å². The number of carbonyl (C=O) groups excluding carboxylic acids is 2. The Balaban J connectivity index is 1.71. The Kier molecular flexibility index (Phi) is 10.1. The molecule has 2 amide bonds. The molecule has 2 aromatic carbocycles. The Hall–Kier alpha value is -1.11. The van der Waals surface area contributed by atoms with Crippen molar-refractivity contribution >= 4 is 70.0 Å². The third kappa shape index (κ3) is 7.43. The molecule has 1 unspecified atom stereocenters. The quantitative estimate of drug-likeness (QED) is 0.367. The van der Waals surface area contributed by atoms with Crippen molar-refractivity contribution in [3.05, 3.63) is 67.6 Å². The van der Waals surface area contributed by atoms with Crippen LogP contribution in [0.2, 0.25) is 20.1 Å². The van der Waals surface area contributed by atoms with Gasteiger partial charge in [0.2, 0.25) is 11.8 Å². The molecule has 0 aliphatic heterocycles. The van der Waals surface area contributed by atoms with Crippen molar-refractivity contribution < 1.29 is 9.59 Å². The van der Waals surface area contributed by atoms with Gasteiger partial charge in [0.25, 0.3) is 0 Å². The van der Waals surface area contributed by atoms with E-state index in [9.17, 15) is 9.59 Å². The zero-order valence-corrected chi connectivity index (χ0v) is 22.1. The molecule has 0 saturated heterocycles. The lowest BCUT2D eigenvalue weighted by atomic mass is 10.1. The van der Waals surface area contributed by atoms with Gasteiger partial charge >= 0.3 is 0 Å². The smallest absolute Gasteiger partial charge is 0.242 e. The summed E-state index contributed by atoms with van der Waals surface area (Å²) >= 11 is 26.3. The lowest BCUT2D eigenvalue weighted by Crippen LogP contribution is -2.50. The van der Waals surface area contributed by atoms with Crippen LogP contribution in [-0.2, 0) is 21.9 Å². The van der Waals surface area contributed by atoms with E-state index in [0.29, 0.717) is 25.8 Å². The molecule has 9 heteroatoms. The van der Waals surface area contributed by atoms with Crippen LogP contribution in [0, 0.1) is 0 Å². The predicted octanol–water partition coefficient (Wildman–Crippen LogP) is 7.01. The molecular formula is C24H26Cl4N2O2S. The van der Waals surface area contributed by atoms with E-state index >= 15 is 0 Å². The van der Waals surface area contributed by atoms with Crippen molar-refractivity contribution in [2.45, 2.75) is 57.0 Å². The molecule has 1 atom stereocenters. The van der Waals surface area contributed by atoms with Crippen LogP contribution in [-0.4, -0.2) is 34.6 Å². The summed E-state index contributed by atoms with van der Waals surface area (Å²) in [7, 11) is 0. The normalized spacial score (nSPS) is 14.8. The van der Waals surface area contributed by atoms with Gasteiger partial charge in [0.05, 0.1) is 5.75 Å². The first-order valence-electron chi connectivity index (χ1n) is 10.8. The fraction of sp³-hybridized carbons (Fsp3) is 0.417. The van der Waals surface area contributed by atoms with E-state index in [-0.39, 0.29) is 30.2 Å². The van der Waals surface area contributed by atoms with E-state index in [1.54, 1.807) is 48.2 Å². The minimum absolute atomic E-state index is 0.153. The lowest BCUT2D eigenvalue weighted by molar-refractivity contribution is -0.138. The number of nitrogens with zero attached hydrogens (tertiary/aromatic N) is 1. The van der Waals surface area contributed by atoms with Gasteiger partial charge in [0.1, 0.15) is 6.04 Å². The summed E-state index contributed by atoms with van der Waals surface area (Å²) in [5.74, 6) is 0.346. The van der Waals surface area contributed by atoms with Crippen molar-refractivity contribution in [3.8, 4) is 0 Å². The topological polar surface area (TPSA) is 49.4 Å². The molecule has 1 fully saturated rings. The van der Waals surface area contributed by atoms with Crippen LogP contribution >= 0.6 is 58.2 Å². The summed E-state index contributed by atoms with van der Waals surface area (Å²) in [6.07, 6.45) is 4.18. The lowest BCUT2D eigenvalue weighted by Gasteiger charge is -2.30. The molecule has 1 saturated carbocycles. The molecule has 2 aromatic rings. The Morgan fingerprint density at radius 3 is 2.36 bits per heavy atom. The first-order valence-corrected chi connectivity index (χ1v) is 13.5. The van der Waals surface area contributed by atoms with E-state index < -0.39 is 6.04 Å². The first-order chi connectivity index (χ1) is 15.8. The zero-order chi connectivity index (χ0) is 24.0. The standard InChI is InChI=1S/C24H26Cl4N2O2S/c1-15(24(32)29-18-5-2-3-6-18)30(12-16-9-10-17(25)11-22(16)28)23(31)14-33-13-19-20(26)7-4-8-21(19)27/h4,7-11,15,18H,2-3,5-6,12-14H2,1H3,(H,29,32). The number of nitrogens with one attached hydrogen (secondary N) is 1. The highest BCUT2D eigenvalue weighted by Crippen LogP contribution is 2.29. The van der Waals surface area contributed by atoms with Gasteiger partial charge in [0, 0.05) is 38.4 Å². The zero-order valence-electron chi connectivity index (χ0n) is 18.3. The van der Waals surface area contributed by atoms with Gasteiger partial charge in [-0.3, -0.25) is 9.59 Å². The number of amides is 2. The summed E-state index contributed by atoms with van der Waals surface area (Å²) in [5, 5.41) is 5.20. The summed E-state index contributed by atoms with van der Waals surface area (Å²) in [6, 6.07) is 10.0. The Morgan fingerprint density at radius 2 is 1.73 bits per heavy atom. The van der Waals surface area contributed by atoms with Gasteiger partial charge < -0.3 is 10.2 Å². The fourth-order valence-electron chi connectivity index (χ4n) is 3.80. The van der Waals surface area contributed by atoms with E-state index in [0.717, 1.165) is 36.8 Å². The summed E-state index contributed by atoms with van der Waals surface area (Å²) < 4.78 is 0. The molecule has 1 aliphatic rings. The predicted molar refractivity (Wildman–Crippen MR) is 139 cm³/mol. The van der Waals surface area contributed by atoms with Crippen LogP contribution < -0.4 is 5.32 Å². The second kappa shape index (κ2) is 12.6. The van der Waals surface area contributed by atoms with Crippen molar-refractivity contribution in [1.82, 2.24) is 10.2 Å². The number of benzene rings is 2. The van der Waals surface area contributed by atoms with E-state index in [4.69, 9.17) is 46.4 Å². The summed E-state index contributed by atoms with van der Waals surface area (Å²) in [5.41, 5.74) is 1.52. The molecule has 33 heavy (non-hydrogen) atoms. The number of thioether (sulfide) groups is 1. The molecule has 3 rings (SSSR count). The molecule has 0 bridgehead atoms. The van der Waals surface area contributed by atoms with Gasteiger partial charge in [-0.05, 0) is 55.2 Å². The number of hydrogen-bond acceptors (Lipinski definition) is 3. The van der Waals surface area contributed by atoms with Gasteiger partial charge in [-0.1, -0.05) is 71.4 Å². The number of hydrogen-bond donors (Lipinski definition) is 1. The maximum absolute atomic E-state index is 13.3. The molecule has 0 aromatic heterocycles. The van der Waals surface area contributed by atoms with E-state index in [1.807, 2.05) is 0 Å². The highest BCUT2D eigenvalue weighted by molar-refractivity contribution is 7.99. The molecule has 178 valence electrons. The van der Waals surface area contributed by atoms with E-state index in [1.165, 1.54) is 11.8 Å². The van der Waals surface area contributed by atoms with Crippen molar-refractivity contribution in [1.29, 1.82) is 0 Å². The maximum Gasteiger partial charge on any atom is 0.242 e. The Bertz CT molecular complexity index is 978. The van der Waals surface area contributed by atoms with Gasteiger partial charge in [-0.15, -0.1) is 11.8 Å². The Morgan fingerprint density at radius 1 is 1.06 bits per heavy atom. The summed E-state index contributed by atoms with van der Waals surface area (Å²) in [6.45, 7) is 1.96. The number of rotatable bonds is 9. The number of carbonyl (C=O) groups is 2. The van der Waals surface area contributed by atoms with Gasteiger partial charge in [-0.2, -0.15) is 0 Å². The van der Waals surface area contributed by atoms with Gasteiger partial charge in [-0.25, -0.2) is 0 Å². The van der Waals surface area contributed by atoms with Crippen molar-refractivity contribution in [2.75, 3.05) is 5.75 Å². The van der Waals surface area contributed by atoms with E-state index in [2.05, 4.69) is 5.32 Å². The van der Waals surface area contributed by atoms with Crippen LogP contribution in [0.3, 0.4) is 0 Å². The average molecular weight is 548 g/mol. The van der Waals surface area contributed by atoms with Crippen LogP contribution in [0.15, 0.2) is 36.4 Å². The van der Waals surface area contributed by atoms with Crippen LogP contribution in [0.5, 0.6) is 0 Å². The number of halogens is 4. The molecule has 1 N–H and O–H groups in total. The average Bonchev–Trinajstić information content (AvgIpc) is 3.27. The third-order valence-corrected chi connectivity index (χ3v) is 8.00. The molecule has 4 nitrogen and oxygen atoms in total. The second-order valence-corrected chi connectivity index (χ2v) is 10.8. The van der Waals surface area contributed by atoms with Crippen LogP contribution in [0.4, 0.5) is 0 Å². The van der Waals surface area contributed by atoms with Crippen molar-refractivity contribution in [3.63, 3.8) is 0 Å². The minimum Gasteiger partial charge on any atom is -0.352 e. The van der Waals surface area contributed by atoms with Crippen molar-refractivity contribution in [2.24, 2.45) is 0 Å². The largest absolute Gasteiger partial charge is 0.352 e.